The molecule has 0 aromatic heterocycles. The fourth-order valence-electron chi connectivity index (χ4n) is 3.13. The molecule has 1 aromatic rings. The number of carbonyl (C=O) groups is 1. The molecule has 1 saturated carbocycles. The molecule has 1 spiro atoms. The number of carboxylic acid groups (broad SMARTS) is 1. The third-order valence-electron chi connectivity index (χ3n) is 4.21. The third-order valence-corrected chi connectivity index (χ3v) is 4.55. The molecule has 20 heavy (non-hydrogen) atoms. The lowest BCUT2D eigenvalue weighted by atomic mass is 9.93. The maximum absolute atomic E-state index is 11.7. The highest BCUT2D eigenvalue weighted by molar-refractivity contribution is 6.31. The molecule has 3 rings (SSSR count). The molecule has 2 aliphatic rings. The Morgan fingerprint density at radius 2 is 2.00 bits per heavy atom. The van der Waals surface area contributed by atoms with E-state index in [1.165, 1.54) is 0 Å². The van der Waals surface area contributed by atoms with Gasteiger partial charge in [0.2, 0.25) is 0 Å². The molecular formula is C15H17ClO4. The SMILES string of the molecule is C[C@]1(C(=O)O)OC2(CCCC2)O[C@@H]1c1ccccc1Cl. The summed E-state index contributed by atoms with van der Waals surface area (Å²) in [5, 5.41) is 10.1. The number of benzene rings is 1. The van der Waals surface area contributed by atoms with Crippen molar-refractivity contribution in [2.45, 2.75) is 50.1 Å². The van der Waals surface area contributed by atoms with Crippen molar-refractivity contribution in [1.82, 2.24) is 0 Å². The second-order valence-electron chi connectivity index (χ2n) is 5.65. The van der Waals surface area contributed by atoms with Crippen LogP contribution in [0.1, 0.15) is 44.3 Å². The number of halogens is 1. The zero-order chi connectivity index (χ0) is 14.4. The van der Waals surface area contributed by atoms with E-state index >= 15 is 0 Å². The number of hydrogen-bond donors (Lipinski definition) is 1. The highest BCUT2D eigenvalue weighted by Gasteiger charge is 2.60. The predicted molar refractivity (Wildman–Crippen MR) is 73.6 cm³/mol. The van der Waals surface area contributed by atoms with Crippen molar-refractivity contribution in [3.8, 4) is 0 Å². The van der Waals surface area contributed by atoms with Crippen molar-refractivity contribution in [3.05, 3.63) is 34.9 Å². The molecule has 1 aromatic carbocycles. The Bertz CT molecular complexity index is 538. The van der Waals surface area contributed by atoms with Crippen LogP contribution in [0.5, 0.6) is 0 Å². The number of aliphatic carboxylic acids is 1. The van der Waals surface area contributed by atoms with Gasteiger partial charge < -0.3 is 14.6 Å². The molecule has 1 saturated heterocycles. The van der Waals surface area contributed by atoms with E-state index in [9.17, 15) is 9.90 Å². The van der Waals surface area contributed by atoms with Gasteiger partial charge in [-0.3, -0.25) is 0 Å². The molecule has 1 N–H and O–H groups in total. The molecule has 4 nitrogen and oxygen atoms in total. The fourth-order valence-corrected chi connectivity index (χ4v) is 3.36. The van der Waals surface area contributed by atoms with E-state index in [4.69, 9.17) is 21.1 Å². The van der Waals surface area contributed by atoms with E-state index < -0.39 is 23.5 Å². The van der Waals surface area contributed by atoms with Gasteiger partial charge in [0.1, 0.15) is 6.10 Å². The van der Waals surface area contributed by atoms with Crippen molar-refractivity contribution in [3.63, 3.8) is 0 Å². The molecule has 0 radical (unpaired) electrons. The topological polar surface area (TPSA) is 55.8 Å². The quantitative estimate of drug-likeness (QED) is 0.907. The van der Waals surface area contributed by atoms with Gasteiger partial charge in [-0.05, 0) is 25.8 Å². The second-order valence-corrected chi connectivity index (χ2v) is 6.06. The molecule has 0 amide bonds. The van der Waals surface area contributed by atoms with Crippen LogP contribution in [0.4, 0.5) is 0 Å². The van der Waals surface area contributed by atoms with Gasteiger partial charge in [-0.15, -0.1) is 0 Å². The minimum Gasteiger partial charge on any atom is -0.479 e. The summed E-state index contributed by atoms with van der Waals surface area (Å²) in [5.74, 6) is -1.79. The van der Waals surface area contributed by atoms with Gasteiger partial charge in [-0.2, -0.15) is 0 Å². The molecule has 1 aliphatic heterocycles. The number of hydrogen-bond acceptors (Lipinski definition) is 3. The number of ether oxygens (including phenoxy) is 2. The zero-order valence-corrected chi connectivity index (χ0v) is 12.0. The maximum atomic E-state index is 11.7. The lowest BCUT2D eigenvalue weighted by molar-refractivity contribution is -0.194. The van der Waals surface area contributed by atoms with E-state index in [-0.39, 0.29) is 0 Å². The first-order chi connectivity index (χ1) is 9.47. The lowest BCUT2D eigenvalue weighted by Gasteiger charge is -2.25. The van der Waals surface area contributed by atoms with Crippen LogP contribution in [-0.4, -0.2) is 22.5 Å². The molecule has 2 atom stereocenters. The van der Waals surface area contributed by atoms with Crippen molar-refractivity contribution in [2.24, 2.45) is 0 Å². The van der Waals surface area contributed by atoms with Gasteiger partial charge in [-0.1, -0.05) is 29.8 Å². The first-order valence-electron chi connectivity index (χ1n) is 6.83. The van der Waals surface area contributed by atoms with Crippen molar-refractivity contribution in [2.75, 3.05) is 0 Å². The van der Waals surface area contributed by atoms with E-state index in [1.807, 2.05) is 12.1 Å². The lowest BCUT2D eigenvalue weighted by Crippen LogP contribution is -2.41. The van der Waals surface area contributed by atoms with Crippen LogP contribution in [-0.2, 0) is 14.3 Å². The smallest absolute Gasteiger partial charge is 0.338 e. The summed E-state index contributed by atoms with van der Waals surface area (Å²) < 4.78 is 12.0. The van der Waals surface area contributed by atoms with Crippen molar-refractivity contribution >= 4 is 17.6 Å². The van der Waals surface area contributed by atoms with E-state index in [0.29, 0.717) is 10.6 Å². The van der Waals surface area contributed by atoms with Crippen LogP contribution in [0.15, 0.2) is 24.3 Å². The normalized spacial score (nSPS) is 31.8. The molecule has 0 bridgehead atoms. The largest absolute Gasteiger partial charge is 0.479 e. The molecule has 0 unspecified atom stereocenters. The van der Waals surface area contributed by atoms with E-state index in [1.54, 1.807) is 19.1 Å². The highest BCUT2D eigenvalue weighted by atomic mass is 35.5. The van der Waals surface area contributed by atoms with Crippen LogP contribution >= 0.6 is 11.6 Å². The Labute approximate surface area is 122 Å². The predicted octanol–water partition coefficient (Wildman–Crippen LogP) is 3.54. The minimum atomic E-state index is -1.41. The van der Waals surface area contributed by atoms with Crippen molar-refractivity contribution in [1.29, 1.82) is 0 Å². The Hall–Kier alpha value is -1.10. The summed E-state index contributed by atoms with van der Waals surface area (Å²) in [4.78, 5) is 11.7. The van der Waals surface area contributed by atoms with Crippen LogP contribution in [0.2, 0.25) is 5.02 Å². The van der Waals surface area contributed by atoms with Gasteiger partial charge in [0.05, 0.1) is 0 Å². The first kappa shape index (κ1) is 13.9. The highest BCUT2D eigenvalue weighted by Crippen LogP contribution is 2.53. The Morgan fingerprint density at radius 1 is 1.35 bits per heavy atom. The standard InChI is InChI=1S/C15H17ClO4/c1-14(13(17)18)12(10-6-2-3-7-11(10)16)19-15(20-14)8-4-5-9-15/h2-3,6-7,12H,4-5,8-9H2,1H3,(H,17,18)/t12-,14+/m1/s1. The molecule has 1 heterocycles. The van der Waals surface area contributed by atoms with Crippen LogP contribution in [0.3, 0.4) is 0 Å². The fraction of sp³-hybridized carbons (Fsp3) is 0.533. The van der Waals surface area contributed by atoms with Crippen LogP contribution < -0.4 is 0 Å². The summed E-state index contributed by atoms with van der Waals surface area (Å²) in [6.45, 7) is 1.57. The van der Waals surface area contributed by atoms with Gasteiger partial charge in [-0.25, -0.2) is 4.79 Å². The summed E-state index contributed by atoms with van der Waals surface area (Å²) in [5.41, 5.74) is -0.738. The van der Waals surface area contributed by atoms with E-state index in [0.717, 1.165) is 25.7 Å². The van der Waals surface area contributed by atoms with Crippen molar-refractivity contribution < 1.29 is 19.4 Å². The molecule has 2 fully saturated rings. The summed E-state index contributed by atoms with van der Waals surface area (Å²) >= 11 is 6.20. The molecular weight excluding hydrogens is 280 g/mol. The van der Waals surface area contributed by atoms with E-state index in [2.05, 4.69) is 0 Å². The third kappa shape index (κ3) is 2.03. The average Bonchev–Trinajstić information content (AvgIpc) is 2.97. The van der Waals surface area contributed by atoms with Crippen LogP contribution in [0, 0.1) is 0 Å². The van der Waals surface area contributed by atoms with Crippen LogP contribution in [0.25, 0.3) is 0 Å². The minimum absolute atomic E-state index is 0.503. The zero-order valence-electron chi connectivity index (χ0n) is 11.3. The summed E-state index contributed by atoms with van der Waals surface area (Å²) in [6.07, 6.45) is 2.76. The monoisotopic (exact) mass is 296 g/mol. The Balaban J connectivity index is 2.03. The Morgan fingerprint density at radius 3 is 2.60 bits per heavy atom. The Kier molecular flexibility index (Phi) is 3.27. The number of carboxylic acids is 1. The van der Waals surface area contributed by atoms with Gasteiger partial charge in [0, 0.05) is 23.4 Å². The van der Waals surface area contributed by atoms with Gasteiger partial charge in [0.25, 0.3) is 0 Å². The second kappa shape index (κ2) is 4.72. The average molecular weight is 297 g/mol. The summed E-state index contributed by atoms with van der Waals surface area (Å²) in [7, 11) is 0. The van der Waals surface area contributed by atoms with Gasteiger partial charge in [0.15, 0.2) is 11.4 Å². The molecule has 108 valence electrons. The summed E-state index contributed by atoms with van der Waals surface area (Å²) in [6, 6.07) is 7.17. The first-order valence-corrected chi connectivity index (χ1v) is 7.20. The number of rotatable bonds is 2. The molecule has 1 aliphatic carbocycles. The van der Waals surface area contributed by atoms with Gasteiger partial charge >= 0.3 is 5.97 Å². The maximum Gasteiger partial charge on any atom is 0.338 e. The molecule has 5 heteroatoms.